The lowest BCUT2D eigenvalue weighted by Crippen LogP contribution is -2.28. The molecule has 6 heteroatoms. The number of nitrogens with one attached hydrogen (secondary N) is 1. The van der Waals surface area contributed by atoms with E-state index in [2.05, 4.69) is 5.32 Å². The molecule has 0 aliphatic heterocycles. The van der Waals surface area contributed by atoms with Crippen molar-refractivity contribution < 1.29 is 14.6 Å². The zero-order valence-electron chi connectivity index (χ0n) is 11.9. The maximum absolute atomic E-state index is 11.7. The molecule has 0 aromatic heterocycles. The van der Waals surface area contributed by atoms with E-state index in [0.717, 1.165) is 5.56 Å². The van der Waals surface area contributed by atoms with Crippen molar-refractivity contribution in [3.05, 3.63) is 28.8 Å². The smallest absolute Gasteiger partial charge is 0.412 e. The molecule has 1 aromatic rings. The summed E-state index contributed by atoms with van der Waals surface area (Å²) in [6, 6.07) is 4.69. The van der Waals surface area contributed by atoms with Gasteiger partial charge in [0.1, 0.15) is 5.60 Å². The van der Waals surface area contributed by atoms with E-state index in [0.29, 0.717) is 17.1 Å². The Hall–Kier alpha value is -1.30. The summed E-state index contributed by atoms with van der Waals surface area (Å²) in [4.78, 5) is 11.7. The molecular weight excluding hydrogens is 280 g/mol. The van der Waals surface area contributed by atoms with E-state index >= 15 is 0 Å². The molecule has 0 aliphatic carbocycles. The summed E-state index contributed by atoms with van der Waals surface area (Å²) in [6.45, 7) is 5.25. The Bertz CT molecular complexity index is 472. The quantitative estimate of drug-likeness (QED) is 0.798. The van der Waals surface area contributed by atoms with Crippen LogP contribution >= 0.6 is 11.6 Å². The molecule has 4 N–H and O–H groups in total. The molecule has 0 bridgehead atoms. The van der Waals surface area contributed by atoms with Crippen molar-refractivity contribution in [1.29, 1.82) is 0 Å². The molecule has 1 atom stereocenters. The first kappa shape index (κ1) is 16.8. The number of carbonyl (C=O) groups is 1. The molecule has 1 unspecified atom stereocenters. The van der Waals surface area contributed by atoms with Crippen molar-refractivity contribution in [1.82, 2.24) is 0 Å². The zero-order valence-corrected chi connectivity index (χ0v) is 12.7. The highest BCUT2D eigenvalue weighted by Gasteiger charge is 2.16. The molecule has 0 fully saturated rings. The predicted molar refractivity (Wildman–Crippen MR) is 80.1 cm³/mol. The first-order valence-electron chi connectivity index (χ1n) is 6.36. The van der Waals surface area contributed by atoms with E-state index in [1.165, 1.54) is 0 Å². The van der Waals surface area contributed by atoms with Crippen molar-refractivity contribution in [2.75, 3.05) is 11.9 Å². The number of hydrogen-bond donors (Lipinski definition) is 3. The Labute approximate surface area is 124 Å². The number of rotatable bonds is 4. The number of ether oxygens (including phenoxy) is 1. The molecule has 0 radical (unpaired) electrons. The first-order valence-corrected chi connectivity index (χ1v) is 6.74. The summed E-state index contributed by atoms with van der Waals surface area (Å²) >= 11 is 6.06. The summed E-state index contributed by atoms with van der Waals surface area (Å²) in [5.74, 6) is 0. The average molecular weight is 301 g/mol. The van der Waals surface area contributed by atoms with Gasteiger partial charge in [0.2, 0.25) is 0 Å². The fourth-order valence-corrected chi connectivity index (χ4v) is 1.77. The fourth-order valence-electron chi connectivity index (χ4n) is 1.58. The lowest BCUT2D eigenvalue weighted by Gasteiger charge is -2.20. The molecular formula is C14H21ClN2O3. The predicted octanol–water partition coefficient (Wildman–Crippen LogP) is 2.55. The number of amides is 1. The second kappa shape index (κ2) is 6.92. The third-order valence-electron chi connectivity index (χ3n) is 2.41. The van der Waals surface area contributed by atoms with Gasteiger partial charge in [-0.25, -0.2) is 4.79 Å². The Morgan fingerprint density at radius 3 is 2.70 bits per heavy atom. The van der Waals surface area contributed by atoms with E-state index in [9.17, 15) is 4.79 Å². The molecule has 5 nitrogen and oxygen atoms in total. The number of aliphatic hydroxyl groups is 1. The van der Waals surface area contributed by atoms with Gasteiger partial charge in [-0.1, -0.05) is 11.6 Å². The number of halogens is 1. The van der Waals surface area contributed by atoms with Crippen LogP contribution in [0.4, 0.5) is 10.5 Å². The van der Waals surface area contributed by atoms with Crippen LogP contribution in [0.15, 0.2) is 18.2 Å². The molecule has 0 spiro atoms. The van der Waals surface area contributed by atoms with E-state index in [4.69, 9.17) is 27.2 Å². The summed E-state index contributed by atoms with van der Waals surface area (Å²) in [6.07, 6.45) is -0.101. The van der Waals surface area contributed by atoms with Gasteiger partial charge in [0.15, 0.2) is 0 Å². The lowest BCUT2D eigenvalue weighted by molar-refractivity contribution is 0.0636. The second-order valence-corrected chi connectivity index (χ2v) is 5.99. The number of nitrogens with two attached hydrogens (primary N) is 1. The molecule has 20 heavy (non-hydrogen) atoms. The summed E-state index contributed by atoms with van der Waals surface area (Å²) in [5, 5.41) is 12.2. The number of carbonyl (C=O) groups excluding carboxylic acids is 1. The summed E-state index contributed by atoms with van der Waals surface area (Å²) in [5.41, 5.74) is 6.47. The van der Waals surface area contributed by atoms with Crippen LogP contribution in [0.1, 0.15) is 26.3 Å². The highest BCUT2D eigenvalue weighted by Crippen LogP contribution is 2.22. The van der Waals surface area contributed by atoms with Gasteiger partial charge in [-0.2, -0.15) is 0 Å². The van der Waals surface area contributed by atoms with Gasteiger partial charge in [-0.05, 0) is 51.0 Å². The zero-order chi connectivity index (χ0) is 15.3. The van der Waals surface area contributed by atoms with Crippen LogP contribution in [0.3, 0.4) is 0 Å². The summed E-state index contributed by atoms with van der Waals surface area (Å²) < 4.78 is 5.17. The van der Waals surface area contributed by atoms with Gasteiger partial charge in [0.05, 0.1) is 6.61 Å². The van der Waals surface area contributed by atoms with Gasteiger partial charge in [-0.3, -0.25) is 5.32 Å². The number of benzene rings is 1. The maximum atomic E-state index is 11.7. The van der Waals surface area contributed by atoms with E-state index in [1.807, 2.05) is 0 Å². The monoisotopic (exact) mass is 300 g/mol. The van der Waals surface area contributed by atoms with Crippen LogP contribution in [0, 0.1) is 0 Å². The Morgan fingerprint density at radius 2 is 2.15 bits per heavy atom. The molecule has 0 heterocycles. The van der Waals surface area contributed by atoms with Crippen molar-refractivity contribution in [3.8, 4) is 0 Å². The summed E-state index contributed by atoms with van der Waals surface area (Å²) in [7, 11) is 0. The van der Waals surface area contributed by atoms with Crippen LogP contribution in [-0.4, -0.2) is 29.4 Å². The Balaban J connectivity index is 2.77. The van der Waals surface area contributed by atoms with Gasteiger partial charge in [0.25, 0.3) is 0 Å². The SMILES string of the molecule is CC(C)(C)OC(=O)Nc1ccc(Cl)c(CC(N)CO)c1. The van der Waals surface area contributed by atoms with Crippen LogP contribution in [0.5, 0.6) is 0 Å². The highest BCUT2D eigenvalue weighted by atomic mass is 35.5. The van der Waals surface area contributed by atoms with Gasteiger partial charge >= 0.3 is 6.09 Å². The van der Waals surface area contributed by atoms with E-state index in [1.54, 1.807) is 39.0 Å². The minimum atomic E-state index is -0.557. The second-order valence-electron chi connectivity index (χ2n) is 5.58. The largest absolute Gasteiger partial charge is 0.444 e. The Kier molecular flexibility index (Phi) is 5.80. The fraction of sp³-hybridized carbons (Fsp3) is 0.500. The van der Waals surface area contributed by atoms with Crippen LogP contribution in [0.2, 0.25) is 5.02 Å². The van der Waals surface area contributed by atoms with E-state index < -0.39 is 11.7 Å². The third-order valence-corrected chi connectivity index (χ3v) is 2.78. The molecule has 1 amide bonds. The number of anilines is 1. The topological polar surface area (TPSA) is 84.6 Å². The van der Waals surface area contributed by atoms with Crippen LogP contribution in [0.25, 0.3) is 0 Å². The van der Waals surface area contributed by atoms with Crippen molar-refractivity contribution in [2.24, 2.45) is 5.73 Å². The standard InChI is InChI=1S/C14H21ClN2O3/c1-14(2,3)20-13(19)17-11-4-5-12(15)9(7-11)6-10(16)8-18/h4-5,7,10,18H,6,8,16H2,1-3H3,(H,17,19). The maximum Gasteiger partial charge on any atom is 0.412 e. The third kappa shape index (κ3) is 5.77. The van der Waals surface area contributed by atoms with Crippen LogP contribution < -0.4 is 11.1 Å². The van der Waals surface area contributed by atoms with Crippen molar-refractivity contribution in [2.45, 2.75) is 38.8 Å². The van der Waals surface area contributed by atoms with Gasteiger partial charge in [0, 0.05) is 16.8 Å². The molecule has 112 valence electrons. The first-order chi connectivity index (χ1) is 9.21. The molecule has 0 aliphatic rings. The lowest BCUT2D eigenvalue weighted by atomic mass is 10.1. The molecule has 1 rings (SSSR count). The molecule has 0 saturated heterocycles. The van der Waals surface area contributed by atoms with Crippen LogP contribution in [-0.2, 0) is 11.2 Å². The average Bonchev–Trinajstić information content (AvgIpc) is 2.30. The van der Waals surface area contributed by atoms with Crippen molar-refractivity contribution in [3.63, 3.8) is 0 Å². The Morgan fingerprint density at radius 1 is 1.50 bits per heavy atom. The molecule has 0 saturated carbocycles. The highest BCUT2D eigenvalue weighted by molar-refractivity contribution is 6.31. The normalized spacial score (nSPS) is 12.9. The van der Waals surface area contributed by atoms with Gasteiger partial charge in [-0.15, -0.1) is 0 Å². The molecule has 1 aromatic carbocycles. The van der Waals surface area contributed by atoms with E-state index in [-0.39, 0.29) is 12.6 Å². The number of aliphatic hydroxyl groups excluding tert-OH is 1. The van der Waals surface area contributed by atoms with Crippen molar-refractivity contribution >= 4 is 23.4 Å². The van der Waals surface area contributed by atoms with Gasteiger partial charge < -0.3 is 15.6 Å². The minimum Gasteiger partial charge on any atom is -0.444 e. The minimum absolute atomic E-state index is 0.125. The number of hydrogen-bond acceptors (Lipinski definition) is 4.